The fourth-order valence-electron chi connectivity index (χ4n) is 2.90. The summed E-state index contributed by atoms with van der Waals surface area (Å²) in [7, 11) is 0. The van der Waals surface area contributed by atoms with Gasteiger partial charge in [-0.2, -0.15) is 0 Å². The average molecular weight is 231 g/mol. The molecule has 17 heavy (non-hydrogen) atoms. The van der Waals surface area contributed by atoms with Gasteiger partial charge in [-0.25, -0.2) is 0 Å². The Labute approximate surface area is 105 Å². The zero-order valence-electron chi connectivity index (χ0n) is 11.2. The molecular formula is C16H25N. The second-order valence-corrected chi connectivity index (χ2v) is 6.36. The topological polar surface area (TPSA) is 26.0 Å². The second-order valence-electron chi connectivity index (χ2n) is 6.36. The van der Waals surface area contributed by atoms with Gasteiger partial charge in [-0.15, -0.1) is 0 Å². The summed E-state index contributed by atoms with van der Waals surface area (Å²) in [6, 6.07) is 11.0. The van der Waals surface area contributed by atoms with Gasteiger partial charge >= 0.3 is 0 Å². The molecule has 1 saturated carbocycles. The van der Waals surface area contributed by atoms with Crippen molar-refractivity contribution in [2.45, 2.75) is 52.0 Å². The standard InChI is InChI=1S/C16H25N/c1-16(2)10-8-14(9-11-16)15(17)12-13-6-4-3-5-7-13/h3-7,14-15H,8-12,17H2,1-2H3. The van der Waals surface area contributed by atoms with E-state index in [2.05, 4.69) is 44.2 Å². The lowest BCUT2D eigenvalue weighted by atomic mass is 9.70. The van der Waals surface area contributed by atoms with Crippen LogP contribution in [0.4, 0.5) is 0 Å². The van der Waals surface area contributed by atoms with Crippen molar-refractivity contribution in [3.63, 3.8) is 0 Å². The molecule has 1 unspecified atom stereocenters. The van der Waals surface area contributed by atoms with Crippen molar-refractivity contribution >= 4 is 0 Å². The molecule has 0 bridgehead atoms. The molecule has 1 nitrogen and oxygen atoms in total. The normalized spacial score (nSPS) is 22.3. The quantitative estimate of drug-likeness (QED) is 0.842. The summed E-state index contributed by atoms with van der Waals surface area (Å²) >= 11 is 0. The van der Waals surface area contributed by atoms with Crippen LogP contribution in [0.3, 0.4) is 0 Å². The molecule has 0 heterocycles. The summed E-state index contributed by atoms with van der Waals surface area (Å²) in [6.07, 6.45) is 6.31. The summed E-state index contributed by atoms with van der Waals surface area (Å²) in [4.78, 5) is 0. The molecule has 94 valence electrons. The SMILES string of the molecule is CC1(C)CCC(C(N)Cc2ccccc2)CC1. The largest absolute Gasteiger partial charge is 0.327 e. The Morgan fingerprint density at radius 3 is 2.35 bits per heavy atom. The van der Waals surface area contributed by atoms with Gasteiger partial charge in [-0.1, -0.05) is 44.2 Å². The van der Waals surface area contributed by atoms with E-state index in [0.717, 1.165) is 12.3 Å². The molecule has 1 atom stereocenters. The fourth-order valence-corrected chi connectivity index (χ4v) is 2.90. The first kappa shape index (κ1) is 12.6. The van der Waals surface area contributed by atoms with E-state index >= 15 is 0 Å². The van der Waals surface area contributed by atoms with Gasteiger partial charge in [0.2, 0.25) is 0 Å². The summed E-state index contributed by atoms with van der Waals surface area (Å²) in [5.74, 6) is 0.725. The molecule has 0 aromatic heterocycles. The minimum atomic E-state index is 0.341. The predicted octanol–water partition coefficient (Wildman–Crippen LogP) is 3.77. The molecule has 1 aromatic carbocycles. The molecule has 2 N–H and O–H groups in total. The van der Waals surface area contributed by atoms with Crippen molar-refractivity contribution < 1.29 is 0 Å². The highest BCUT2D eigenvalue weighted by molar-refractivity contribution is 5.16. The molecule has 2 rings (SSSR count). The molecule has 0 aliphatic heterocycles. The Kier molecular flexibility index (Phi) is 3.88. The van der Waals surface area contributed by atoms with Crippen LogP contribution in [0.5, 0.6) is 0 Å². The zero-order valence-corrected chi connectivity index (χ0v) is 11.2. The smallest absolute Gasteiger partial charge is 0.0108 e. The third-order valence-corrected chi connectivity index (χ3v) is 4.30. The van der Waals surface area contributed by atoms with Crippen LogP contribution in [-0.4, -0.2) is 6.04 Å². The van der Waals surface area contributed by atoms with Gasteiger partial charge in [-0.05, 0) is 49.0 Å². The van der Waals surface area contributed by atoms with E-state index in [1.807, 2.05) is 0 Å². The fraction of sp³-hybridized carbons (Fsp3) is 0.625. The van der Waals surface area contributed by atoms with Gasteiger partial charge < -0.3 is 5.73 Å². The van der Waals surface area contributed by atoms with E-state index in [1.54, 1.807) is 0 Å². The van der Waals surface area contributed by atoms with E-state index in [-0.39, 0.29) is 0 Å². The van der Waals surface area contributed by atoms with Crippen LogP contribution in [0.1, 0.15) is 45.1 Å². The lowest BCUT2D eigenvalue weighted by molar-refractivity contribution is 0.173. The molecular weight excluding hydrogens is 206 g/mol. The summed E-state index contributed by atoms with van der Waals surface area (Å²) in [6.45, 7) is 4.76. The van der Waals surface area contributed by atoms with Crippen LogP contribution < -0.4 is 5.73 Å². The summed E-state index contributed by atoms with van der Waals surface area (Å²) in [5.41, 5.74) is 8.29. The van der Waals surface area contributed by atoms with Gasteiger partial charge in [0.05, 0.1) is 0 Å². The van der Waals surface area contributed by atoms with Gasteiger partial charge in [-0.3, -0.25) is 0 Å². The minimum absolute atomic E-state index is 0.341. The molecule has 1 aromatic rings. The van der Waals surface area contributed by atoms with Gasteiger partial charge in [0.15, 0.2) is 0 Å². The van der Waals surface area contributed by atoms with E-state index in [9.17, 15) is 0 Å². The number of hydrogen-bond acceptors (Lipinski definition) is 1. The maximum absolute atomic E-state index is 6.37. The molecule has 1 aliphatic rings. The third-order valence-electron chi connectivity index (χ3n) is 4.30. The Morgan fingerprint density at radius 2 is 1.76 bits per heavy atom. The van der Waals surface area contributed by atoms with Crippen molar-refractivity contribution in [3.8, 4) is 0 Å². The van der Waals surface area contributed by atoms with Gasteiger partial charge in [0, 0.05) is 6.04 Å². The van der Waals surface area contributed by atoms with E-state index in [1.165, 1.54) is 31.2 Å². The first-order chi connectivity index (χ1) is 8.07. The van der Waals surface area contributed by atoms with Crippen molar-refractivity contribution in [3.05, 3.63) is 35.9 Å². The van der Waals surface area contributed by atoms with Crippen LogP contribution in [0.2, 0.25) is 0 Å². The lowest BCUT2D eigenvalue weighted by Crippen LogP contribution is -2.36. The molecule has 0 saturated heterocycles. The monoisotopic (exact) mass is 231 g/mol. The van der Waals surface area contributed by atoms with Crippen LogP contribution in [0.15, 0.2) is 30.3 Å². The number of hydrogen-bond donors (Lipinski definition) is 1. The van der Waals surface area contributed by atoms with Crippen molar-refractivity contribution in [1.29, 1.82) is 0 Å². The molecule has 0 radical (unpaired) electrons. The van der Waals surface area contributed by atoms with Crippen molar-refractivity contribution in [2.75, 3.05) is 0 Å². The van der Waals surface area contributed by atoms with E-state index in [4.69, 9.17) is 5.73 Å². The zero-order chi connectivity index (χ0) is 12.3. The van der Waals surface area contributed by atoms with Gasteiger partial charge in [0.1, 0.15) is 0 Å². The van der Waals surface area contributed by atoms with E-state index < -0.39 is 0 Å². The summed E-state index contributed by atoms with van der Waals surface area (Å²) < 4.78 is 0. The van der Waals surface area contributed by atoms with Crippen LogP contribution in [-0.2, 0) is 6.42 Å². The van der Waals surface area contributed by atoms with Crippen LogP contribution >= 0.6 is 0 Å². The molecule has 0 amide bonds. The Balaban J connectivity index is 1.87. The molecule has 1 aliphatic carbocycles. The number of nitrogens with two attached hydrogens (primary N) is 1. The Bertz CT molecular complexity index is 332. The highest BCUT2D eigenvalue weighted by atomic mass is 14.7. The van der Waals surface area contributed by atoms with Crippen molar-refractivity contribution in [2.24, 2.45) is 17.1 Å². The number of rotatable bonds is 3. The van der Waals surface area contributed by atoms with Crippen LogP contribution in [0, 0.1) is 11.3 Å². The van der Waals surface area contributed by atoms with Gasteiger partial charge in [0.25, 0.3) is 0 Å². The highest BCUT2D eigenvalue weighted by Gasteiger charge is 2.29. The molecule has 0 spiro atoms. The Hall–Kier alpha value is -0.820. The maximum atomic E-state index is 6.37. The molecule has 1 heteroatoms. The van der Waals surface area contributed by atoms with E-state index in [0.29, 0.717) is 11.5 Å². The number of benzene rings is 1. The van der Waals surface area contributed by atoms with Crippen molar-refractivity contribution in [1.82, 2.24) is 0 Å². The summed E-state index contributed by atoms with van der Waals surface area (Å²) in [5, 5.41) is 0. The highest BCUT2D eigenvalue weighted by Crippen LogP contribution is 2.39. The predicted molar refractivity (Wildman–Crippen MR) is 73.9 cm³/mol. The second kappa shape index (κ2) is 5.22. The maximum Gasteiger partial charge on any atom is 0.0108 e. The lowest BCUT2D eigenvalue weighted by Gasteiger charge is -2.36. The minimum Gasteiger partial charge on any atom is -0.327 e. The molecule has 1 fully saturated rings. The Morgan fingerprint density at radius 1 is 1.18 bits per heavy atom. The third kappa shape index (κ3) is 3.57. The first-order valence-corrected chi connectivity index (χ1v) is 6.86. The first-order valence-electron chi connectivity index (χ1n) is 6.86. The average Bonchev–Trinajstić information content (AvgIpc) is 2.30. The van der Waals surface area contributed by atoms with Crippen LogP contribution in [0.25, 0.3) is 0 Å².